The SMILES string of the molecule is CC(C)N1CCC(C(=N)c2ccc(C(=O)O)cc2F)=C(NC(=O)c2c(Cl)cccc2C2(C(F)(F)F)CC2)C1. The summed E-state index contributed by atoms with van der Waals surface area (Å²) in [6, 6.07) is 7.24. The van der Waals surface area contributed by atoms with E-state index in [0.717, 1.165) is 6.07 Å². The van der Waals surface area contributed by atoms with Gasteiger partial charge in [0.05, 0.1) is 27.3 Å². The third-order valence-electron chi connectivity index (χ3n) is 7.21. The molecule has 2 aromatic rings. The van der Waals surface area contributed by atoms with Gasteiger partial charge in [0.15, 0.2) is 0 Å². The Morgan fingerprint density at radius 2 is 1.87 bits per heavy atom. The smallest absolute Gasteiger partial charge is 0.398 e. The van der Waals surface area contributed by atoms with E-state index in [1.807, 2.05) is 18.7 Å². The van der Waals surface area contributed by atoms with Crippen molar-refractivity contribution in [3.63, 3.8) is 0 Å². The summed E-state index contributed by atoms with van der Waals surface area (Å²) in [5.74, 6) is -3.07. The third-order valence-corrected chi connectivity index (χ3v) is 7.52. The van der Waals surface area contributed by atoms with Crippen LogP contribution in [0.2, 0.25) is 5.02 Å². The first-order valence-electron chi connectivity index (χ1n) is 12.0. The first-order chi connectivity index (χ1) is 17.8. The highest BCUT2D eigenvalue weighted by Gasteiger charge is 2.65. The van der Waals surface area contributed by atoms with Gasteiger partial charge in [0, 0.05) is 30.4 Å². The summed E-state index contributed by atoms with van der Waals surface area (Å²) in [6.45, 7) is 4.54. The maximum absolute atomic E-state index is 14.8. The van der Waals surface area contributed by atoms with E-state index in [1.165, 1.54) is 30.3 Å². The first-order valence-corrected chi connectivity index (χ1v) is 12.4. The summed E-state index contributed by atoms with van der Waals surface area (Å²) in [4.78, 5) is 26.7. The zero-order valence-corrected chi connectivity index (χ0v) is 21.4. The van der Waals surface area contributed by atoms with E-state index in [4.69, 9.17) is 22.1 Å². The Morgan fingerprint density at radius 3 is 2.42 bits per heavy atom. The van der Waals surface area contributed by atoms with Gasteiger partial charge in [-0.05, 0) is 68.5 Å². The minimum Gasteiger partial charge on any atom is -0.478 e. The zero-order valence-electron chi connectivity index (χ0n) is 20.7. The summed E-state index contributed by atoms with van der Waals surface area (Å²) < 4.78 is 56.6. The lowest BCUT2D eigenvalue weighted by atomic mass is 9.89. The van der Waals surface area contributed by atoms with Crippen LogP contribution in [0.15, 0.2) is 47.7 Å². The molecule has 0 saturated heterocycles. The average Bonchev–Trinajstić information content (AvgIpc) is 3.65. The molecular formula is C27H26ClF4N3O3. The van der Waals surface area contributed by atoms with Gasteiger partial charge in [-0.3, -0.25) is 15.1 Å². The Kier molecular flexibility index (Phi) is 7.42. The zero-order chi connectivity index (χ0) is 28.0. The fourth-order valence-corrected chi connectivity index (χ4v) is 5.07. The average molecular weight is 552 g/mol. The van der Waals surface area contributed by atoms with E-state index in [2.05, 4.69) is 5.32 Å². The Morgan fingerprint density at radius 1 is 1.18 bits per heavy atom. The van der Waals surface area contributed by atoms with E-state index in [0.29, 0.717) is 12.1 Å². The molecule has 38 heavy (non-hydrogen) atoms. The molecule has 6 nitrogen and oxygen atoms in total. The lowest BCUT2D eigenvalue weighted by Gasteiger charge is -2.34. The predicted molar refractivity (Wildman–Crippen MR) is 134 cm³/mol. The van der Waals surface area contributed by atoms with E-state index in [1.54, 1.807) is 0 Å². The predicted octanol–water partition coefficient (Wildman–Crippen LogP) is 5.94. The largest absolute Gasteiger partial charge is 0.478 e. The number of carboxylic acids is 1. The maximum atomic E-state index is 14.8. The molecule has 0 radical (unpaired) electrons. The van der Waals surface area contributed by atoms with Crippen molar-refractivity contribution in [2.75, 3.05) is 13.1 Å². The van der Waals surface area contributed by atoms with Crippen LogP contribution in [0.3, 0.4) is 0 Å². The van der Waals surface area contributed by atoms with Crippen LogP contribution < -0.4 is 5.32 Å². The number of amides is 1. The molecule has 3 N–H and O–H groups in total. The number of halogens is 5. The van der Waals surface area contributed by atoms with E-state index >= 15 is 0 Å². The van der Waals surface area contributed by atoms with Crippen LogP contribution in [0.1, 0.15) is 65.0 Å². The minimum atomic E-state index is -4.56. The van der Waals surface area contributed by atoms with Crippen LogP contribution in [-0.2, 0) is 5.41 Å². The van der Waals surface area contributed by atoms with Gasteiger partial charge in [-0.25, -0.2) is 9.18 Å². The van der Waals surface area contributed by atoms with Crippen molar-refractivity contribution in [3.8, 4) is 0 Å². The number of hydrogen-bond acceptors (Lipinski definition) is 4. The molecule has 1 aliphatic heterocycles. The summed E-state index contributed by atoms with van der Waals surface area (Å²) in [5, 5.41) is 20.4. The summed E-state index contributed by atoms with van der Waals surface area (Å²) >= 11 is 6.27. The standard InChI is InChI=1S/C27H26ClF4N3O3/c1-14(2)35-11-8-17(23(33)16-7-6-15(25(37)38)12-20(16)29)21(13-35)34-24(36)22-18(4-3-5-19(22)28)26(9-10-26)27(30,31)32/h3-7,12,14,33H,8-11,13H2,1-2H3,(H,34,36)(H,37,38). The van der Waals surface area contributed by atoms with Crippen molar-refractivity contribution >= 4 is 29.2 Å². The van der Waals surface area contributed by atoms with E-state index in [9.17, 15) is 27.2 Å². The Balaban J connectivity index is 1.75. The van der Waals surface area contributed by atoms with Gasteiger partial charge >= 0.3 is 12.1 Å². The number of alkyl halides is 3. The second kappa shape index (κ2) is 10.1. The number of carboxylic acid groups (broad SMARTS) is 1. The molecule has 4 rings (SSSR count). The topological polar surface area (TPSA) is 93.5 Å². The van der Waals surface area contributed by atoms with Crippen LogP contribution in [0.4, 0.5) is 17.6 Å². The first kappa shape index (κ1) is 27.8. The third kappa shape index (κ3) is 5.07. The fraction of sp³-hybridized carbons (Fsp3) is 0.370. The molecule has 0 bridgehead atoms. The summed E-state index contributed by atoms with van der Waals surface area (Å²) in [5.41, 5.74) is -2.72. The second-order valence-corrected chi connectivity index (χ2v) is 10.2. The summed E-state index contributed by atoms with van der Waals surface area (Å²) in [7, 11) is 0. The van der Waals surface area contributed by atoms with Gasteiger partial charge < -0.3 is 10.4 Å². The maximum Gasteiger partial charge on any atom is 0.398 e. The number of carbonyl (C=O) groups is 2. The number of nitrogens with one attached hydrogen (secondary N) is 2. The van der Waals surface area contributed by atoms with Crippen LogP contribution >= 0.6 is 11.6 Å². The lowest BCUT2D eigenvalue weighted by Crippen LogP contribution is -2.43. The molecule has 1 heterocycles. The number of carbonyl (C=O) groups excluding carboxylic acids is 1. The number of aromatic carboxylic acids is 1. The highest BCUT2D eigenvalue weighted by Crippen LogP contribution is 2.60. The van der Waals surface area contributed by atoms with Crippen LogP contribution in [0.25, 0.3) is 0 Å². The van der Waals surface area contributed by atoms with Gasteiger partial charge in [-0.15, -0.1) is 0 Å². The Bertz CT molecular complexity index is 1350. The summed E-state index contributed by atoms with van der Waals surface area (Å²) in [6.07, 6.45) is -4.60. The molecule has 11 heteroatoms. The second-order valence-electron chi connectivity index (χ2n) is 9.84. The van der Waals surface area contributed by atoms with Crippen LogP contribution in [0, 0.1) is 11.2 Å². The quantitative estimate of drug-likeness (QED) is 0.293. The molecule has 202 valence electrons. The molecule has 1 amide bonds. The molecule has 1 saturated carbocycles. The minimum absolute atomic E-state index is 0.0556. The molecule has 0 spiro atoms. The molecule has 1 aliphatic carbocycles. The van der Waals surface area contributed by atoms with E-state index < -0.39 is 29.3 Å². The fourth-order valence-electron chi connectivity index (χ4n) is 4.81. The van der Waals surface area contributed by atoms with Gasteiger partial charge in [-0.1, -0.05) is 23.7 Å². The molecule has 2 aromatic carbocycles. The molecular weight excluding hydrogens is 526 g/mol. The molecule has 1 fully saturated rings. The van der Waals surface area contributed by atoms with Gasteiger partial charge in [0.2, 0.25) is 0 Å². The number of rotatable bonds is 7. The Labute approximate surface area is 221 Å². The van der Waals surface area contributed by atoms with Crippen molar-refractivity contribution in [2.45, 2.75) is 50.7 Å². The van der Waals surface area contributed by atoms with Crippen LogP contribution in [0.5, 0.6) is 0 Å². The molecule has 0 unspecified atom stereocenters. The van der Waals surface area contributed by atoms with Crippen molar-refractivity contribution < 1.29 is 32.3 Å². The monoisotopic (exact) mass is 551 g/mol. The highest BCUT2D eigenvalue weighted by atomic mass is 35.5. The van der Waals surface area contributed by atoms with Gasteiger partial charge in [0.25, 0.3) is 5.91 Å². The Hall–Kier alpha value is -3.24. The number of benzene rings is 2. The molecule has 2 aliphatic rings. The van der Waals surface area contributed by atoms with Gasteiger partial charge in [-0.2, -0.15) is 13.2 Å². The number of nitrogens with zero attached hydrogens (tertiary/aromatic N) is 1. The van der Waals surface area contributed by atoms with Crippen molar-refractivity contribution in [1.82, 2.24) is 10.2 Å². The molecule has 0 atom stereocenters. The lowest BCUT2D eigenvalue weighted by molar-refractivity contribution is -0.160. The van der Waals surface area contributed by atoms with Crippen molar-refractivity contribution in [1.29, 1.82) is 5.41 Å². The van der Waals surface area contributed by atoms with Crippen molar-refractivity contribution in [2.24, 2.45) is 0 Å². The van der Waals surface area contributed by atoms with Crippen LogP contribution in [-0.4, -0.2) is 52.9 Å². The normalized spacial score (nSPS) is 17.5. The van der Waals surface area contributed by atoms with Crippen molar-refractivity contribution in [3.05, 3.63) is 80.8 Å². The molecule has 0 aromatic heterocycles. The van der Waals surface area contributed by atoms with Gasteiger partial charge in [0.1, 0.15) is 5.82 Å². The number of hydrogen-bond donors (Lipinski definition) is 3. The highest BCUT2D eigenvalue weighted by molar-refractivity contribution is 6.34. The van der Waals surface area contributed by atoms with E-state index in [-0.39, 0.29) is 70.5 Å².